The van der Waals surface area contributed by atoms with E-state index in [1.807, 2.05) is 0 Å². The maximum atomic E-state index is 11.9. The summed E-state index contributed by atoms with van der Waals surface area (Å²) in [7, 11) is 0. The van der Waals surface area contributed by atoms with Crippen molar-refractivity contribution in [3.05, 3.63) is 16.5 Å². The van der Waals surface area contributed by atoms with Gasteiger partial charge in [0.1, 0.15) is 4.88 Å². The number of amides is 1. The van der Waals surface area contributed by atoms with Gasteiger partial charge in [0.15, 0.2) is 0 Å². The van der Waals surface area contributed by atoms with Gasteiger partial charge in [0, 0.05) is 6.42 Å². The first-order chi connectivity index (χ1) is 8.19. The molecule has 1 aromatic heterocycles. The van der Waals surface area contributed by atoms with Gasteiger partial charge in [-0.15, -0.1) is 11.3 Å². The van der Waals surface area contributed by atoms with Crippen molar-refractivity contribution >= 4 is 28.2 Å². The van der Waals surface area contributed by atoms with Crippen LogP contribution in [0, 0.1) is 6.92 Å². The van der Waals surface area contributed by atoms with Crippen LogP contribution in [0.3, 0.4) is 0 Å². The quantitative estimate of drug-likeness (QED) is 0.891. The van der Waals surface area contributed by atoms with Crippen LogP contribution >= 0.6 is 11.3 Å². The molecule has 1 amide bonds. The van der Waals surface area contributed by atoms with E-state index in [0.717, 1.165) is 11.3 Å². The maximum absolute atomic E-state index is 11.9. The zero-order valence-corrected chi connectivity index (χ0v) is 10.1. The third-order valence-electron chi connectivity index (χ3n) is 2.01. The van der Waals surface area contributed by atoms with Crippen molar-refractivity contribution in [1.29, 1.82) is 0 Å². The molecule has 18 heavy (non-hydrogen) atoms. The van der Waals surface area contributed by atoms with Crippen LogP contribution in [-0.2, 0) is 4.79 Å². The standard InChI is InChI=1S/C10H10F3NO3S/c1-5-4-7(18-8(5)9(16)17)14-6(15)2-3-10(11,12)13/h4H,2-3H2,1H3,(H,14,15)(H,16,17). The van der Waals surface area contributed by atoms with Gasteiger partial charge in [0.05, 0.1) is 11.4 Å². The summed E-state index contributed by atoms with van der Waals surface area (Å²) in [6.07, 6.45) is -6.26. The monoisotopic (exact) mass is 281 g/mol. The predicted molar refractivity (Wildman–Crippen MR) is 59.9 cm³/mol. The fraction of sp³-hybridized carbons (Fsp3) is 0.400. The number of carbonyl (C=O) groups excluding carboxylic acids is 1. The lowest BCUT2D eigenvalue weighted by Crippen LogP contribution is -2.15. The molecule has 8 heteroatoms. The molecule has 0 aliphatic carbocycles. The summed E-state index contributed by atoms with van der Waals surface area (Å²) in [5.74, 6) is -1.92. The zero-order chi connectivity index (χ0) is 13.9. The second-order valence-electron chi connectivity index (χ2n) is 3.59. The van der Waals surface area contributed by atoms with Crippen molar-refractivity contribution in [1.82, 2.24) is 0 Å². The molecule has 0 aliphatic rings. The highest BCUT2D eigenvalue weighted by Gasteiger charge is 2.28. The number of aryl methyl sites for hydroxylation is 1. The van der Waals surface area contributed by atoms with Gasteiger partial charge in [-0.2, -0.15) is 13.2 Å². The Balaban J connectivity index is 2.60. The molecule has 0 aromatic carbocycles. The van der Waals surface area contributed by atoms with E-state index in [4.69, 9.17) is 5.11 Å². The number of nitrogens with one attached hydrogen (secondary N) is 1. The highest BCUT2D eigenvalue weighted by molar-refractivity contribution is 7.18. The Hall–Kier alpha value is -1.57. The van der Waals surface area contributed by atoms with E-state index >= 15 is 0 Å². The van der Waals surface area contributed by atoms with E-state index < -0.39 is 30.9 Å². The lowest BCUT2D eigenvalue weighted by molar-refractivity contribution is -0.142. The lowest BCUT2D eigenvalue weighted by atomic mass is 10.3. The molecule has 100 valence electrons. The molecule has 0 bridgehead atoms. The Morgan fingerprint density at radius 1 is 1.44 bits per heavy atom. The van der Waals surface area contributed by atoms with E-state index in [9.17, 15) is 22.8 Å². The van der Waals surface area contributed by atoms with Crippen molar-refractivity contribution in [2.24, 2.45) is 0 Å². The number of halogens is 3. The van der Waals surface area contributed by atoms with Crippen LogP contribution in [0.25, 0.3) is 0 Å². The van der Waals surface area contributed by atoms with Crippen LogP contribution in [0.15, 0.2) is 6.07 Å². The molecule has 0 spiro atoms. The summed E-state index contributed by atoms with van der Waals surface area (Å²) in [6, 6.07) is 1.42. The minimum atomic E-state index is -4.38. The Kier molecular flexibility index (Phi) is 4.33. The van der Waals surface area contributed by atoms with E-state index in [1.54, 1.807) is 6.92 Å². The number of carboxylic acid groups (broad SMARTS) is 1. The number of alkyl halides is 3. The van der Waals surface area contributed by atoms with Crippen molar-refractivity contribution < 1.29 is 27.9 Å². The van der Waals surface area contributed by atoms with Gasteiger partial charge in [0.25, 0.3) is 0 Å². The maximum Gasteiger partial charge on any atom is 0.389 e. The van der Waals surface area contributed by atoms with Gasteiger partial charge < -0.3 is 10.4 Å². The minimum absolute atomic E-state index is 0.0566. The zero-order valence-electron chi connectivity index (χ0n) is 9.30. The molecule has 4 nitrogen and oxygen atoms in total. The topological polar surface area (TPSA) is 66.4 Å². The third kappa shape index (κ3) is 4.36. The molecule has 2 N–H and O–H groups in total. The van der Waals surface area contributed by atoms with Crippen LogP contribution < -0.4 is 5.32 Å². The van der Waals surface area contributed by atoms with Gasteiger partial charge in [-0.25, -0.2) is 4.79 Å². The number of thiophene rings is 1. The molecule has 1 rings (SSSR count). The normalized spacial score (nSPS) is 11.3. The summed E-state index contributed by atoms with van der Waals surface area (Å²) in [4.78, 5) is 22.0. The number of rotatable bonds is 4. The average molecular weight is 281 g/mol. The fourth-order valence-electron chi connectivity index (χ4n) is 1.21. The highest BCUT2D eigenvalue weighted by atomic mass is 32.1. The molecule has 0 unspecified atom stereocenters. The summed E-state index contributed by atoms with van der Waals surface area (Å²) in [6.45, 7) is 1.55. The van der Waals surface area contributed by atoms with E-state index in [1.165, 1.54) is 6.07 Å². The van der Waals surface area contributed by atoms with Gasteiger partial charge >= 0.3 is 12.1 Å². The van der Waals surface area contributed by atoms with E-state index in [2.05, 4.69) is 5.32 Å². The average Bonchev–Trinajstić information content (AvgIpc) is 2.55. The number of carbonyl (C=O) groups is 2. The molecule has 0 saturated heterocycles. The van der Waals surface area contributed by atoms with Crippen molar-refractivity contribution in [3.8, 4) is 0 Å². The van der Waals surface area contributed by atoms with Crippen LogP contribution in [0.4, 0.5) is 18.2 Å². The van der Waals surface area contributed by atoms with Crippen LogP contribution in [0.1, 0.15) is 28.1 Å². The first-order valence-electron chi connectivity index (χ1n) is 4.89. The molecule has 1 aromatic rings. The van der Waals surface area contributed by atoms with E-state index in [0.29, 0.717) is 5.56 Å². The number of hydrogen-bond acceptors (Lipinski definition) is 3. The SMILES string of the molecule is Cc1cc(NC(=O)CCC(F)(F)F)sc1C(=O)O. The van der Waals surface area contributed by atoms with Crippen LogP contribution in [0.5, 0.6) is 0 Å². The first kappa shape index (κ1) is 14.5. The Bertz CT molecular complexity index is 467. The Labute approximate surface area is 104 Å². The predicted octanol–water partition coefficient (Wildman–Crippen LogP) is 3.04. The van der Waals surface area contributed by atoms with E-state index in [-0.39, 0.29) is 9.88 Å². The first-order valence-corrected chi connectivity index (χ1v) is 5.71. The van der Waals surface area contributed by atoms with Crippen molar-refractivity contribution in [2.75, 3.05) is 5.32 Å². The molecule has 0 atom stereocenters. The summed E-state index contributed by atoms with van der Waals surface area (Å²) in [5, 5.41) is 11.3. The van der Waals surface area contributed by atoms with Gasteiger partial charge in [0.2, 0.25) is 5.91 Å². The number of anilines is 1. The van der Waals surface area contributed by atoms with Crippen molar-refractivity contribution in [3.63, 3.8) is 0 Å². The summed E-state index contributed by atoms with van der Waals surface area (Å²) < 4.78 is 35.6. The number of carboxylic acids is 1. The molecular formula is C10H10F3NO3S. The molecule has 0 fully saturated rings. The minimum Gasteiger partial charge on any atom is -0.477 e. The van der Waals surface area contributed by atoms with Gasteiger partial charge in [-0.05, 0) is 18.6 Å². The van der Waals surface area contributed by atoms with Crippen LogP contribution in [-0.4, -0.2) is 23.2 Å². The Morgan fingerprint density at radius 3 is 2.50 bits per heavy atom. The second-order valence-corrected chi connectivity index (χ2v) is 4.64. The molecule has 1 heterocycles. The third-order valence-corrected chi connectivity index (χ3v) is 3.15. The second kappa shape index (κ2) is 5.38. The van der Waals surface area contributed by atoms with Crippen molar-refractivity contribution in [2.45, 2.75) is 25.9 Å². The van der Waals surface area contributed by atoms with Crippen LogP contribution in [0.2, 0.25) is 0 Å². The molecule has 0 radical (unpaired) electrons. The lowest BCUT2D eigenvalue weighted by Gasteiger charge is -2.05. The van der Waals surface area contributed by atoms with Gasteiger partial charge in [-0.3, -0.25) is 4.79 Å². The summed E-state index contributed by atoms with van der Waals surface area (Å²) >= 11 is 0.817. The number of aromatic carboxylic acids is 1. The molecule has 0 saturated carbocycles. The largest absolute Gasteiger partial charge is 0.477 e. The summed E-state index contributed by atoms with van der Waals surface area (Å²) in [5.41, 5.74) is 0.457. The number of hydrogen-bond donors (Lipinski definition) is 2. The molecular weight excluding hydrogens is 271 g/mol. The highest BCUT2D eigenvalue weighted by Crippen LogP contribution is 2.27. The smallest absolute Gasteiger partial charge is 0.389 e. The fourth-order valence-corrected chi connectivity index (χ4v) is 2.14. The molecule has 0 aliphatic heterocycles. The Morgan fingerprint density at radius 2 is 2.06 bits per heavy atom. The van der Waals surface area contributed by atoms with Gasteiger partial charge in [-0.1, -0.05) is 0 Å².